The number of likely N-dealkylation sites (tertiary alicyclic amines) is 1. The maximum atomic E-state index is 10.4. The van der Waals surface area contributed by atoms with Crippen LogP contribution in [0.4, 0.5) is 5.95 Å². The number of nitrogens with zero attached hydrogens (tertiary/aromatic N) is 2. The van der Waals surface area contributed by atoms with Gasteiger partial charge in [-0.05, 0) is 49.5 Å². The third-order valence-electron chi connectivity index (χ3n) is 5.27. The van der Waals surface area contributed by atoms with Gasteiger partial charge in [-0.15, -0.1) is 0 Å². The molecule has 1 saturated heterocycles. The molecule has 1 unspecified atom stereocenters. The fourth-order valence-corrected chi connectivity index (χ4v) is 3.68. The van der Waals surface area contributed by atoms with Crippen molar-refractivity contribution in [2.24, 2.45) is 5.92 Å². The van der Waals surface area contributed by atoms with Gasteiger partial charge in [-0.1, -0.05) is 42.5 Å². The monoisotopic (exact) mass is 350 g/mol. The molecule has 0 radical (unpaired) electrons. The van der Waals surface area contributed by atoms with E-state index in [1.807, 2.05) is 54.6 Å². The highest BCUT2D eigenvalue weighted by molar-refractivity contribution is 5.77. The number of aliphatic hydroxyl groups excluding tert-OH is 1. The molecule has 26 heavy (non-hydrogen) atoms. The van der Waals surface area contributed by atoms with Gasteiger partial charge in [0.2, 0.25) is 5.95 Å². The standard InChI is InChI=1S/C21H26N4O/c26-20(17-6-2-1-3-7-17)15-25-12-10-16(11-13-25)14-22-21-23-18-8-4-5-9-19(18)24-21/h1-9,16,20,26H,10-15H2,(H2,22,23,24). The van der Waals surface area contributed by atoms with Crippen molar-refractivity contribution in [3.63, 3.8) is 0 Å². The largest absolute Gasteiger partial charge is 0.387 e. The van der Waals surface area contributed by atoms with E-state index in [0.717, 1.165) is 55.0 Å². The molecule has 5 nitrogen and oxygen atoms in total. The van der Waals surface area contributed by atoms with E-state index in [1.54, 1.807) is 0 Å². The van der Waals surface area contributed by atoms with Crippen LogP contribution < -0.4 is 5.32 Å². The Hall–Kier alpha value is -2.37. The number of aromatic nitrogens is 2. The number of hydrogen-bond donors (Lipinski definition) is 3. The van der Waals surface area contributed by atoms with Crippen molar-refractivity contribution in [2.45, 2.75) is 18.9 Å². The van der Waals surface area contributed by atoms with E-state index >= 15 is 0 Å². The molecule has 0 amide bonds. The summed E-state index contributed by atoms with van der Waals surface area (Å²) in [7, 11) is 0. The van der Waals surface area contributed by atoms with Crippen LogP contribution >= 0.6 is 0 Å². The Morgan fingerprint density at radius 2 is 1.81 bits per heavy atom. The normalized spacial score (nSPS) is 17.4. The molecule has 1 aromatic heterocycles. The summed E-state index contributed by atoms with van der Waals surface area (Å²) < 4.78 is 0. The van der Waals surface area contributed by atoms with Crippen LogP contribution in [0.25, 0.3) is 11.0 Å². The molecule has 2 aromatic carbocycles. The predicted molar refractivity (Wildman–Crippen MR) is 105 cm³/mol. The highest BCUT2D eigenvalue weighted by Crippen LogP contribution is 2.21. The zero-order valence-electron chi connectivity index (χ0n) is 14.9. The van der Waals surface area contributed by atoms with Crippen LogP contribution in [0.3, 0.4) is 0 Å². The van der Waals surface area contributed by atoms with Crippen LogP contribution in [0.2, 0.25) is 0 Å². The first-order chi connectivity index (χ1) is 12.8. The lowest BCUT2D eigenvalue weighted by atomic mass is 9.96. The number of nitrogens with one attached hydrogen (secondary N) is 2. The molecule has 3 N–H and O–H groups in total. The molecule has 2 heterocycles. The lowest BCUT2D eigenvalue weighted by Gasteiger charge is -2.33. The zero-order chi connectivity index (χ0) is 17.8. The molecule has 0 aliphatic carbocycles. The average Bonchev–Trinajstić information content (AvgIpc) is 3.11. The number of anilines is 1. The van der Waals surface area contributed by atoms with Crippen LogP contribution in [0.15, 0.2) is 54.6 Å². The summed E-state index contributed by atoms with van der Waals surface area (Å²) in [5.41, 5.74) is 3.07. The molecule has 5 heteroatoms. The molecule has 136 valence electrons. The van der Waals surface area contributed by atoms with Gasteiger partial charge in [0, 0.05) is 13.1 Å². The van der Waals surface area contributed by atoms with E-state index in [-0.39, 0.29) is 0 Å². The van der Waals surface area contributed by atoms with Gasteiger partial charge in [0.1, 0.15) is 0 Å². The number of aromatic amines is 1. The van der Waals surface area contributed by atoms with E-state index in [1.165, 1.54) is 0 Å². The Bertz CT molecular complexity index is 791. The summed E-state index contributed by atoms with van der Waals surface area (Å²) in [6.45, 7) is 3.73. The number of rotatable bonds is 6. The van der Waals surface area contributed by atoms with E-state index in [2.05, 4.69) is 20.2 Å². The zero-order valence-corrected chi connectivity index (χ0v) is 14.9. The summed E-state index contributed by atoms with van der Waals surface area (Å²) in [4.78, 5) is 10.3. The van der Waals surface area contributed by atoms with Crippen LogP contribution in [0, 0.1) is 5.92 Å². The molecule has 3 aromatic rings. The molecule has 1 aliphatic rings. The summed E-state index contributed by atoms with van der Waals surface area (Å²) in [6.07, 6.45) is 1.89. The Balaban J connectivity index is 1.23. The van der Waals surface area contributed by atoms with Crippen LogP contribution in [0.5, 0.6) is 0 Å². The third kappa shape index (κ3) is 4.06. The van der Waals surface area contributed by atoms with Crippen molar-refractivity contribution >= 4 is 17.0 Å². The maximum absolute atomic E-state index is 10.4. The first kappa shape index (κ1) is 17.1. The quantitative estimate of drug-likeness (QED) is 0.637. The van der Waals surface area contributed by atoms with Crippen molar-refractivity contribution in [1.82, 2.24) is 14.9 Å². The van der Waals surface area contributed by atoms with Crippen molar-refractivity contribution < 1.29 is 5.11 Å². The summed E-state index contributed by atoms with van der Waals surface area (Å²) in [5, 5.41) is 13.8. The lowest BCUT2D eigenvalue weighted by molar-refractivity contribution is 0.0909. The number of fused-ring (bicyclic) bond motifs is 1. The number of H-pyrrole nitrogens is 1. The van der Waals surface area contributed by atoms with Gasteiger partial charge >= 0.3 is 0 Å². The average molecular weight is 350 g/mol. The minimum Gasteiger partial charge on any atom is -0.387 e. The molecule has 4 rings (SSSR count). The highest BCUT2D eigenvalue weighted by Gasteiger charge is 2.21. The minimum absolute atomic E-state index is 0.401. The van der Waals surface area contributed by atoms with Crippen molar-refractivity contribution in [3.05, 3.63) is 60.2 Å². The van der Waals surface area contributed by atoms with Gasteiger partial charge in [0.05, 0.1) is 17.1 Å². The van der Waals surface area contributed by atoms with E-state index < -0.39 is 6.10 Å². The first-order valence-corrected chi connectivity index (χ1v) is 9.42. The Labute approximate surface area is 154 Å². The van der Waals surface area contributed by atoms with Crippen LogP contribution in [-0.2, 0) is 0 Å². The SMILES string of the molecule is OC(CN1CCC(CNc2nc3ccccc3[nH]2)CC1)c1ccccc1. The molecular weight excluding hydrogens is 324 g/mol. The van der Waals surface area contributed by atoms with Gasteiger partial charge in [-0.3, -0.25) is 0 Å². The second-order valence-electron chi connectivity index (χ2n) is 7.15. The van der Waals surface area contributed by atoms with Crippen molar-refractivity contribution in [2.75, 3.05) is 31.5 Å². The molecule has 1 fully saturated rings. The van der Waals surface area contributed by atoms with Crippen LogP contribution in [0.1, 0.15) is 24.5 Å². The Kier molecular flexibility index (Phi) is 5.18. The first-order valence-electron chi connectivity index (χ1n) is 9.42. The van der Waals surface area contributed by atoms with Gasteiger partial charge in [0.25, 0.3) is 0 Å². The third-order valence-corrected chi connectivity index (χ3v) is 5.27. The maximum Gasteiger partial charge on any atom is 0.201 e. The van der Waals surface area contributed by atoms with Gasteiger partial charge in [-0.25, -0.2) is 4.98 Å². The summed E-state index contributed by atoms with van der Waals surface area (Å²) in [5.74, 6) is 1.50. The van der Waals surface area contributed by atoms with Gasteiger partial charge < -0.3 is 20.3 Å². The number of β-amino-alcohol motifs (C(OH)–C–C–N with tert-alkyl or cyclic N) is 1. The molecule has 0 spiro atoms. The minimum atomic E-state index is -0.401. The van der Waals surface area contributed by atoms with Gasteiger partial charge in [-0.2, -0.15) is 0 Å². The van der Waals surface area contributed by atoms with Gasteiger partial charge in [0.15, 0.2) is 0 Å². The Morgan fingerprint density at radius 3 is 2.58 bits per heavy atom. The van der Waals surface area contributed by atoms with E-state index in [4.69, 9.17) is 0 Å². The molecular formula is C21H26N4O. The highest BCUT2D eigenvalue weighted by atomic mass is 16.3. The predicted octanol–water partition coefficient (Wildman–Crippen LogP) is 3.42. The summed E-state index contributed by atoms with van der Waals surface area (Å²) in [6, 6.07) is 18.0. The van der Waals surface area contributed by atoms with Crippen molar-refractivity contribution in [1.29, 1.82) is 0 Å². The second kappa shape index (κ2) is 7.89. The fraction of sp³-hybridized carbons (Fsp3) is 0.381. The number of imidazole rings is 1. The lowest BCUT2D eigenvalue weighted by Crippen LogP contribution is -2.38. The smallest absolute Gasteiger partial charge is 0.201 e. The number of hydrogen-bond acceptors (Lipinski definition) is 4. The Morgan fingerprint density at radius 1 is 1.08 bits per heavy atom. The number of benzene rings is 2. The molecule has 0 bridgehead atoms. The fourth-order valence-electron chi connectivity index (χ4n) is 3.68. The molecule has 1 aliphatic heterocycles. The molecule has 0 saturated carbocycles. The number of piperidine rings is 1. The summed E-state index contributed by atoms with van der Waals surface area (Å²) >= 11 is 0. The second-order valence-corrected chi connectivity index (χ2v) is 7.15. The number of aliphatic hydroxyl groups is 1. The van der Waals surface area contributed by atoms with Crippen LogP contribution in [-0.4, -0.2) is 46.2 Å². The molecule has 1 atom stereocenters. The number of para-hydroxylation sites is 2. The topological polar surface area (TPSA) is 64.2 Å². The van der Waals surface area contributed by atoms with E-state index in [9.17, 15) is 5.11 Å². The van der Waals surface area contributed by atoms with Crippen molar-refractivity contribution in [3.8, 4) is 0 Å². The van der Waals surface area contributed by atoms with E-state index in [0.29, 0.717) is 12.5 Å².